The highest BCUT2D eigenvalue weighted by Crippen LogP contribution is 2.77. The molecule has 9 nitrogen and oxygen atoms in total. The molecule has 3 aromatic rings. The van der Waals surface area contributed by atoms with Gasteiger partial charge in [0.05, 0.1) is 28.8 Å². The summed E-state index contributed by atoms with van der Waals surface area (Å²) in [5, 5.41) is 29.8. The minimum absolute atomic E-state index is 0.122. The highest BCUT2D eigenvalue weighted by molar-refractivity contribution is 6.03. The first-order valence-electron chi connectivity index (χ1n) is 29.7. The van der Waals surface area contributed by atoms with Crippen LogP contribution in [0.2, 0.25) is 0 Å². The maximum atomic E-state index is 16.4. The van der Waals surface area contributed by atoms with Crippen LogP contribution in [-0.4, -0.2) is 82.0 Å². The van der Waals surface area contributed by atoms with Gasteiger partial charge < -0.3 is 34.6 Å². The highest BCUT2D eigenvalue weighted by Gasteiger charge is 2.75. The van der Waals surface area contributed by atoms with Crippen molar-refractivity contribution < 1.29 is 29.3 Å². The largest absolute Gasteiger partial charge is 0.392 e. The number of fused-ring (bicyclic) bond motifs is 4. The molecule has 0 amide bonds. The van der Waals surface area contributed by atoms with Gasteiger partial charge in [0.25, 0.3) is 0 Å². The number of allylic oxidation sites excluding steroid dienone is 1. The first-order valence-corrected chi connectivity index (χ1v) is 29.7. The maximum Gasteiger partial charge on any atom is 0.163 e. The topological polar surface area (TPSA) is 129 Å². The van der Waals surface area contributed by atoms with Crippen LogP contribution < -0.4 is 5.32 Å². The van der Waals surface area contributed by atoms with E-state index in [1.165, 1.54) is 76.5 Å². The van der Waals surface area contributed by atoms with E-state index in [1.807, 2.05) is 7.05 Å². The second-order valence-corrected chi connectivity index (χ2v) is 27.4. The number of unbranched alkanes of at least 4 members (excludes halogenated alkanes) is 2. The SMILES string of the molecule is CCCCCC1C(=O)C2=C3C(Cn4cc(Cc5cc(C6CCCCC6)cc(C6CCOCC6)c5)c5[nH]cc(c54)CCC2(C)CC(O)C2OC2(C)C)C(O)C2C4(C)CCC(=O)C(C)(CCNC)C4CCC2(C)C31C. The highest BCUT2D eigenvalue weighted by atomic mass is 16.6. The van der Waals surface area contributed by atoms with Crippen LogP contribution in [0.5, 0.6) is 0 Å². The number of carbonyl (C=O) groups excluding carboxylic acids is 2. The van der Waals surface area contributed by atoms with Gasteiger partial charge in [-0.15, -0.1) is 0 Å². The summed E-state index contributed by atoms with van der Waals surface area (Å²) in [6.07, 6.45) is 22.1. The molecule has 5 aliphatic carbocycles. The fraction of sp³-hybridized carbons (Fsp3) is 0.750. The number of nitrogens with one attached hydrogen (secondary N) is 2. The summed E-state index contributed by atoms with van der Waals surface area (Å²) < 4.78 is 14.6. The van der Waals surface area contributed by atoms with Crippen LogP contribution in [0.4, 0.5) is 0 Å². The number of epoxide rings is 1. The third-order valence-electron chi connectivity index (χ3n) is 22.9. The third kappa shape index (κ3) is 8.29. The van der Waals surface area contributed by atoms with Crippen LogP contribution >= 0.6 is 0 Å². The van der Waals surface area contributed by atoms with Crippen molar-refractivity contribution in [3.05, 3.63) is 69.6 Å². The van der Waals surface area contributed by atoms with Crippen LogP contribution in [0.1, 0.15) is 211 Å². The molecule has 4 saturated carbocycles. The lowest BCUT2D eigenvalue weighted by Gasteiger charge is -2.71. The van der Waals surface area contributed by atoms with E-state index < -0.39 is 39.5 Å². The number of aromatic nitrogens is 2. The number of aromatic amines is 1. The molecule has 6 fully saturated rings. The van der Waals surface area contributed by atoms with Crippen LogP contribution in [0, 0.1) is 50.7 Å². The molecule has 2 saturated heterocycles. The lowest BCUT2D eigenvalue weighted by molar-refractivity contribution is -0.229. The molecule has 0 radical (unpaired) electrons. The van der Waals surface area contributed by atoms with E-state index in [0.717, 1.165) is 102 Å². The van der Waals surface area contributed by atoms with E-state index in [-0.39, 0.29) is 41.0 Å². The number of hydrogen-bond donors (Lipinski definition) is 4. The summed E-state index contributed by atoms with van der Waals surface area (Å²) in [6, 6.07) is 7.61. The predicted octanol–water partition coefficient (Wildman–Crippen LogP) is 12.5. The van der Waals surface area contributed by atoms with Crippen molar-refractivity contribution in [1.29, 1.82) is 0 Å². The van der Waals surface area contributed by atoms with E-state index in [9.17, 15) is 15.0 Å². The summed E-state index contributed by atoms with van der Waals surface area (Å²) in [5.74, 6) is 1.23. The average molecular weight is 1000 g/mol. The van der Waals surface area contributed by atoms with Gasteiger partial charge in [0.1, 0.15) is 11.9 Å². The van der Waals surface area contributed by atoms with Gasteiger partial charge in [-0.2, -0.15) is 0 Å². The van der Waals surface area contributed by atoms with Gasteiger partial charge >= 0.3 is 0 Å². The van der Waals surface area contributed by atoms with Crippen molar-refractivity contribution in [3.8, 4) is 0 Å². The number of benzene rings is 1. The predicted molar refractivity (Wildman–Crippen MR) is 291 cm³/mol. The quantitative estimate of drug-likeness (QED) is 0.0935. The van der Waals surface area contributed by atoms with E-state index in [2.05, 4.69) is 101 Å². The Morgan fingerprint density at radius 1 is 0.890 bits per heavy atom. The number of rotatable bonds is 14. The number of ether oxygens (including phenoxy) is 2. The van der Waals surface area contributed by atoms with E-state index in [1.54, 1.807) is 0 Å². The van der Waals surface area contributed by atoms with Crippen LogP contribution in [0.25, 0.3) is 11.0 Å². The first-order chi connectivity index (χ1) is 34.8. The summed E-state index contributed by atoms with van der Waals surface area (Å²) in [5.41, 5.74) is 8.62. The van der Waals surface area contributed by atoms with Crippen LogP contribution in [-0.2, 0) is 38.4 Å². The van der Waals surface area contributed by atoms with E-state index >= 15 is 4.79 Å². The summed E-state index contributed by atoms with van der Waals surface area (Å²) >= 11 is 0. The van der Waals surface area contributed by atoms with Gasteiger partial charge in [0, 0.05) is 73.2 Å². The lowest BCUT2D eigenvalue weighted by atomic mass is 9.33. The number of carbonyl (C=O) groups is 2. The monoisotopic (exact) mass is 1000 g/mol. The molecule has 9 heteroatoms. The van der Waals surface area contributed by atoms with Gasteiger partial charge in [-0.05, 0) is 178 Å². The van der Waals surface area contributed by atoms with Gasteiger partial charge in [-0.3, -0.25) is 9.59 Å². The molecule has 3 aliphatic heterocycles. The molecule has 2 aromatic heterocycles. The molecule has 4 N–H and O–H groups in total. The Hall–Kier alpha value is -3.08. The van der Waals surface area contributed by atoms with Gasteiger partial charge in [0.15, 0.2) is 5.78 Å². The third-order valence-corrected chi connectivity index (χ3v) is 22.9. The van der Waals surface area contributed by atoms with Gasteiger partial charge in [0.2, 0.25) is 0 Å². The Morgan fingerprint density at radius 3 is 2.29 bits per heavy atom. The van der Waals surface area contributed by atoms with Crippen LogP contribution in [0.15, 0.2) is 41.7 Å². The number of Topliss-reactive ketones (excluding diaryl/α,β-unsaturated/α-hetero) is 2. The average Bonchev–Trinajstić information content (AvgIpc) is 3.63. The molecule has 400 valence electrons. The maximum absolute atomic E-state index is 16.4. The molecular formula is C64H93N3O6. The molecule has 0 bridgehead atoms. The molecule has 73 heavy (non-hydrogen) atoms. The van der Waals surface area contributed by atoms with E-state index in [4.69, 9.17) is 9.47 Å². The fourth-order valence-corrected chi connectivity index (χ4v) is 18.9. The first kappa shape index (κ1) is 52.0. The van der Waals surface area contributed by atoms with Crippen molar-refractivity contribution in [2.75, 3.05) is 26.8 Å². The van der Waals surface area contributed by atoms with E-state index in [0.29, 0.717) is 43.4 Å². The summed E-state index contributed by atoms with van der Waals surface area (Å²) in [4.78, 5) is 34.6. The fourth-order valence-electron chi connectivity index (χ4n) is 18.9. The molecular weight excluding hydrogens is 907 g/mol. The van der Waals surface area contributed by atoms with Crippen molar-refractivity contribution in [1.82, 2.24) is 14.9 Å². The zero-order valence-electron chi connectivity index (χ0n) is 46.5. The van der Waals surface area contributed by atoms with Crippen molar-refractivity contribution in [2.24, 2.45) is 50.7 Å². The van der Waals surface area contributed by atoms with Crippen molar-refractivity contribution in [3.63, 3.8) is 0 Å². The van der Waals surface area contributed by atoms with Gasteiger partial charge in [-0.25, -0.2) is 0 Å². The van der Waals surface area contributed by atoms with Crippen molar-refractivity contribution >= 4 is 22.6 Å². The minimum Gasteiger partial charge on any atom is -0.392 e. The van der Waals surface area contributed by atoms with Crippen LogP contribution in [0.3, 0.4) is 0 Å². The number of hydrogen-bond acceptors (Lipinski definition) is 7. The minimum atomic E-state index is -0.739. The molecule has 5 heterocycles. The second kappa shape index (κ2) is 19.1. The Morgan fingerprint density at radius 2 is 1.60 bits per heavy atom. The Bertz CT molecular complexity index is 2580. The molecule has 1 aromatic carbocycles. The Labute approximate surface area is 438 Å². The molecule has 11 rings (SSSR count). The summed E-state index contributed by atoms with van der Waals surface area (Å²) in [7, 11) is 1.99. The summed E-state index contributed by atoms with van der Waals surface area (Å²) in [6.45, 7) is 21.4. The molecule has 12 atom stereocenters. The zero-order valence-corrected chi connectivity index (χ0v) is 46.5. The second-order valence-electron chi connectivity index (χ2n) is 27.4. The number of aliphatic hydroxyl groups excluding tert-OH is 2. The number of H-pyrrole nitrogens is 1. The molecule has 12 unspecified atom stereocenters. The number of aryl methyl sites for hydroxylation is 1. The Balaban J connectivity index is 1.08. The van der Waals surface area contributed by atoms with Gasteiger partial charge in [-0.1, -0.05) is 98.3 Å². The molecule has 0 spiro atoms. The number of ketones is 2. The Kier molecular flexibility index (Phi) is 13.6. The van der Waals surface area contributed by atoms with Crippen molar-refractivity contribution in [2.45, 2.75) is 226 Å². The standard InChI is InChI=1S/C64H93N3O6/c1-10-11-13-18-47-56(71)52-51-46(55(70)57-62(6)25-21-50(69)61(5,27-28-65-9)49(62)20-26-63(57,7)64(47,51)8)38-67-37-45(53-54(67)42(36-66-53)19-24-60(52,4)35-48(68)58-59(2,3)73-58)33-39-31-43(40-16-14-12-15-17-40)34-44(32-39)41-22-29-72-30-23-41/h31-32,34,36-37,40-41,46-49,55,57-58,65-66,68,70H,10-30,33,35,38H2,1-9H3. The molecule has 8 aliphatic rings. The zero-order chi connectivity index (χ0) is 51.5. The lowest BCUT2D eigenvalue weighted by Crippen LogP contribution is -2.69. The number of aliphatic hydroxyl groups is 2. The normalized spacial score (nSPS) is 38.1. The smallest absolute Gasteiger partial charge is 0.163 e. The number of nitrogens with zero attached hydrogens (tertiary/aromatic N) is 1.